The minimum Gasteiger partial charge on any atom is -0.393 e. The second-order valence-electron chi connectivity index (χ2n) is 5.71. The lowest BCUT2D eigenvalue weighted by molar-refractivity contribution is -0.0224. The van der Waals surface area contributed by atoms with E-state index in [2.05, 4.69) is 19.8 Å². The Morgan fingerprint density at radius 1 is 1.40 bits per heavy atom. The molecule has 0 amide bonds. The highest BCUT2D eigenvalue weighted by molar-refractivity contribution is 5.07. The zero-order valence-electron chi connectivity index (χ0n) is 9.87. The zero-order chi connectivity index (χ0) is 11.1. The highest BCUT2D eigenvalue weighted by atomic mass is 16.3. The molecule has 5 atom stereocenters. The first kappa shape index (κ1) is 11.0. The Hall–Kier alpha value is -0.480. The quantitative estimate of drug-likeness (QED) is 0.654. The third-order valence-corrected chi connectivity index (χ3v) is 5.03. The summed E-state index contributed by atoms with van der Waals surface area (Å²) in [7, 11) is 0. The summed E-state index contributed by atoms with van der Waals surface area (Å²) in [5.41, 5.74) is 0.309. The van der Waals surface area contributed by atoms with Gasteiger partial charge in [0.2, 0.25) is 0 Å². The van der Waals surface area contributed by atoms with Crippen molar-refractivity contribution < 1.29 is 5.11 Å². The van der Waals surface area contributed by atoms with Gasteiger partial charge in [-0.25, -0.2) is 0 Å². The average molecular weight is 206 g/mol. The van der Waals surface area contributed by atoms with Crippen molar-refractivity contribution in [3.05, 3.63) is 0 Å². The van der Waals surface area contributed by atoms with Crippen LogP contribution in [0.1, 0.15) is 46.0 Å². The van der Waals surface area contributed by atoms with Crippen LogP contribution in [-0.4, -0.2) is 11.2 Å². The van der Waals surface area contributed by atoms with Crippen molar-refractivity contribution in [2.45, 2.75) is 52.1 Å². The van der Waals surface area contributed by atoms with Crippen molar-refractivity contribution in [2.24, 2.45) is 23.2 Å². The standard InChI is InChI=1S/C14H22O/c1-4-10(2)11-7-8-12-13(15)6-5-9-14(11,12)3/h1,10-13,15H,5-9H2,2-3H3/t10-,11+,12-,13-,14+/m0/s1. The molecule has 0 saturated heterocycles. The van der Waals surface area contributed by atoms with Gasteiger partial charge in [0.15, 0.2) is 0 Å². The van der Waals surface area contributed by atoms with Crippen LogP contribution in [0.4, 0.5) is 0 Å². The van der Waals surface area contributed by atoms with Gasteiger partial charge in [0, 0.05) is 5.92 Å². The van der Waals surface area contributed by atoms with Gasteiger partial charge >= 0.3 is 0 Å². The number of fused-ring (bicyclic) bond motifs is 1. The molecule has 2 aliphatic carbocycles. The zero-order valence-corrected chi connectivity index (χ0v) is 9.87. The van der Waals surface area contributed by atoms with Gasteiger partial charge in [-0.15, -0.1) is 12.3 Å². The third kappa shape index (κ3) is 1.60. The van der Waals surface area contributed by atoms with Crippen LogP contribution in [0.5, 0.6) is 0 Å². The lowest BCUT2D eigenvalue weighted by Gasteiger charge is -2.44. The minimum absolute atomic E-state index is 0.0706. The van der Waals surface area contributed by atoms with E-state index in [0.717, 1.165) is 6.42 Å². The van der Waals surface area contributed by atoms with Crippen molar-refractivity contribution in [3.8, 4) is 12.3 Å². The lowest BCUT2D eigenvalue weighted by Crippen LogP contribution is -2.41. The Morgan fingerprint density at radius 3 is 2.80 bits per heavy atom. The number of aliphatic hydroxyl groups excluding tert-OH is 1. The molecule has 0 unspecified atom stereocenters. The van der Waals surface area contributed by atoms with Crippen LogP contribution in [-0.2, 0) is 0 Å². The fourth-order valence-corrected chi connectivity index (χ4v) is 4.13. The van der Waals surface area contributed by atoms with E-state index in [1.807, 2.05) is 0 Å². The summed E-state index contributed by atoms with van der Waals surface area (Å²) in [5.74, 6) is 4.40. The second-order valence-corrected chi connectivity index (χ2v) is 5.71. The number of terminal acetylenes is 1. The van der Waals surface area contributed by atoms with Gasteiger partial charge in [-0.05, 0) is 42.9 Å². The molecule has 0 aliphatic heterocycles. The van der Waals surface area contributed by atoms with Crippen LogP contribution >= 0.6 is 0 Å². The minimum atomic E-state index is -0.0706. The first-order valence-electron chi connectivity index (χ1n) is 6.24. The van der Waals surface area contributed by atoms with Crippen LogP contribution in [0, 0.1) is 35.5 Å². The van der Waals surface area contributed by atoms with Crippen LogP contribution in [0.2, 0.25) is 0 Å². The SMILES string of the molecule is C#C[C@H](C)[C@H]1CC[C@H]2[C@@H](O)CCC[C@]12C. The van der Waals surface area contributed by atoms with E-state index < -0.39 is 0 Å². The van der Waals surface area contributed by atoms with E-state index >= 15 is 0 Å². The predicted octanol–water partition coefficient (Wildman–Crippen LogP) is 2.83. The Balaban J connectivity index is 2.22. The largest absolute Gasteiger partial charge is 0.393 e. The summed E-state index contributed by atoms with van der Waals surface area (Å²) in [5, 5.41) is 10.1. The van der Waals surface area contributed by atoms with Gasteiger partial charge in [0.05, 0.1) is 6.10 Å². The number of hydrogen-bond donors (Lipinski definition) is 1. The van der Waals surface area contributed by atoms with Crippen molar-refractivity contribution in [2.75, 3.05) is 0 Å². The van der Waals surface area contributed by atoms with Crippen molar-refractivity contribution in [1.29, 1.82) is 0 Å². The molecule has 2 saturated carbocycles. The van der Waals surface area contributed by atoms with Crippen molar-refractivity contribution >= 4 is 0 Å². The highest BCUT2D eigenvalue weighted by Crippen LogP contribution is 2.57. The van der Waals surface area contributed by atoms with Gasteiger partial charge in [-0.2, -0.15) is 0 Å². The van der Waals surface area contributed by atoms with E-state index in [1.165, 1.54) is 25.7 Å². The molecule has 0 aromatic carbocycles. The van der Waals surface area contributed by atoms with E-state index in [4.69, 9.17) is 6.42 Å². The maximum Gasteiger partial charge on any atom is 0.0573 e. The fourth-order valence-electron chi connectivity index (χ4n) is 4.13. The summed E-state index contributed by atoms with van der Waals surface area (Å²) >= 11 is 0. The molecule has 15 heavy (non-hydrogen) atoms. The normalized spacial score (nSPS) is 46.9. The Labute approximate surface area is 93.3 Å². The molecule has 0 radical (unpaired) electrons. The monoisotopic (exact) mass is 206 g/mol. The summed E-state index contributed by atoms with van der Waals surface area (Å²) < 4.78 is 0. The number of aliphatic hydroxyl groups is 1. The second kappa shape index (κ2) is 3.83. The summed E-state index contributed by atoms with van der Waals surface area (Å²) in [4.78, 5) is 0. The molecule has 0 spiro atoms. The van der Waals surface area contributed by atoms with Gasteiger partial charge in [0.25, 0.3) is 0 Å². The molecule has 2 rings (SSSR count). The molecule has 0 bridgehead atoms. The Kier molecular flexibility index (Phi) is 2.81. The Bertz CT molecular complexity index is 278. The highest BCUT2D eigenvalue weighted by Gasteiger charge is 2.51. The fraction of sp³-hybridized carbons (Fsp3) is 0.857. The molecule has 2 aliphatic rings. The molecule has 1 heteroatoms. The molecule has 0 heterocycles. The van der Waals surface area contributed by atoms with E-state index in [-0.39, 0.29) is 6.10 Å². The molecule has 84 valence electrons. The summed E-state index contributed by atoms with van der Waals surface area (Å²) in [6.07, 6.45) is 11.3. The van der Waals surface area contributed by atoms with Crippen molar-refractivity contribution in [3.63, 3.8) is 0 Å². The molecular weight excluding hydrogens is 184 g/mol. The van der Waals surface area contributed by atoms with Gasteiger partial charge in [0.1, 0.15) is 0 Å². The first-order chi connectivity index (χ1) is 7.09. The van der Waals surface area contributed by atoms with Gasteiger partial charge in [-0.1, -0.05) is 20.3 Å². The van der Waals surface area contributed by atoms with Crippen LogP contribution in [0.25, 0.3) is 0 Å². The number of hydrogen-bond acceptors (Lipinski definition) is 1. The molecule has 0 aromatic heterocycles. The smallest absolute Gasteiger partial charge is 0.0573 e. The average Bonchev–Trinajstić information content (AvgIpc) is 2.56. The maximum absolute atomic E-state index is 10.1. The Morgan fingerprint density at radius 2 is 2.13 bits per heavy atom. The van der Waals surface area contributed by atoms with Crippen molar-refractivity contribution in [1.82, 2.24) is 0 Å². The molecular formula is C14H22O. The van der Waals surface area contributed by atoms with E-state index in [1.54, 1.807) is 0 Å². The van der Waals surface area contributed by atoms with Crippen LogP contribution in [0.15, 0.2) is 0 Å². The topological polar surface area (TPSA) is 20.2 Å². The first-order valence-corrected chi connectivity index (χ1v) is 6.24. The molecule has 1 N–H and O–H groups in total. The van der Waals surface area contributed by atoms with Gasteiger partial charge in [-0.3, -0.25) is 0 Å². The maximum atomic E-state index is 10.1. The van der Waals surface area contributed by atoms with E-state index in [9.17, 15) is 5.11 Å². The summed E-state index contributed by atoms with van der Waals surface area (Å²) in [6.45, 7) is 4.52. The molecule has 2 fully saturated rings. The number of rotatable bonds is 1. The van der Waals surface area contributed by atoms with Crippen LogP contribution in [0.3, 0.4) is 0 Å². The molecule has 1 nitrogen and oxygen atoms in total. The summed E-state index contributed by atoms with van der Waals surface area (Å²) in [6, 6.07) is 0. The predicted molar refractivity (Wildman–Crippen MR) is 62.2 cm³/mol. The van der Waals surface area contributed by atoms with Gasteiger partial charge < -0.3 is 5.11 Å². The van der Waals surface area contributed by atoms with Crippen LogP contribution < -0.4 is 0 Å². The molecule has 0 aromatic rings. The third-order valence-electron chi connectivity index (χ3n) is 5.03. The lowest BCUT2D eigenvalue weighted by atomic mass is 9.62. The van der Waals surface area contributed by atoms with E-state index in [0.29, 0.717) is 23.2 Å².